The first-order chi connectivity index (χ1) is 8.77. The van der Waals surface area contributed by atoms with E-state index in [2.05, 4.69) is 15.9 Å². The second-order valence-corrected chi connectivity index (χ2v) is 6.51. The van der Waals surface area contributed by atoms with Crippen molar-refractivity contribution < 1.29 is 19.4 Å². The lowest BCUT2D eigenvalue weighted by molar-refractivity contribution is -0.149. The highest BCUT2D eigenvalue weighted by molar-refractivity contribution is 9.10. The fourth-order valence-electron chi connectivity index (χ4n) is 1.36. The Morgan fingerprint density at radius 2 is 2.05 bits per heavy atom. The van der Waals surface area contributed by atoms with Gasteiger partial charge in [-0.25, -0.2) is 4.79 Å². The van der Waals surface area contributed by atoms with Crippen molar-refractivity contribution in [3.63, 3.8) is 0 Å². The van der Waals surface area contributed by atoms with Gasteiger partial charge in [0.15, 0.2) is 0 Å². The van der Waals surface area contributed by atoms with Gasteiger partial charge in [0.05, 0.1) is 18.1 Å². The van der Waals surface area contributed by atoms with E-state index < -0.39 is 11.4 Å². The molecule has 0 bridgehead atoms. The maximum Gasteiger partial charge on any atom is 0.336 e. The van der Waals surface area contributed by atoms with Gasteiger partial charge in [-0.05, 0) is 48.0 Å². The highest BCUT2D eigenvalue weighted by atomic mass is 79.9. The Kier molecular flexibility index (Phi) is 5.43. The summed E-state index contributed by atoms with van der Waals surface area (Å²) >= 11 is 4.62. The van der Waals surface area contributed by atoms with Crippen LogP contribution in [0.2, 0.25) is 0 Å². The van der Waals surface area contributed by atoms with Crippen LogP contribution in [0.1, 0.15) is 24.2 Å². The van der Waals surface area contributed by atoms with Gasteiger partial charge in [-0.15, -0.1) is 11.8 Å². The molecule has 4 nitrogen and oxygen atoms in total. The number of methoxy groups -OCH3 is 1. The summed E-state index contributed by atoms with van der Waals surface area (Å²) in [5.41, 5.74) is -0.406. The average molecular weight is 347 g/mol. The van der Waals surface area contributed by atoms with Gasteiger partial charge in [-0.3, -0.25) is 4.79 Å². The molecule has 0 aliphatic rings. The number of rotatable bonds is 5. The Bertz CT molecular complexity index is 499. The van der Waals surface area contributed by atoms with E-state index in [1.807, 2.05) is 6.07 Å². The summed E-state index contributed by atoms with van der Waals surface area (Å²) in [6.45, 7) is 3.59. The topological polar surface area (TPSA) is 63.6 Å². The van der Waals surface area contributed by atoms with Crippen molar-refractivity contribution in [3.05, 3.63) is 28.2 Å². The number of hydrogen-bond acceptors (Lipinski definition) is 4. The molecular formula is C13H15BrO4S. The molecule has 0 aliphatic heterocycles. The molecule has 0 saturated carbocycles. The highest BCUT2D eigenvalue weighted by Crippen LogP contribution is 2.30. The van der Waals surface area contributed by atoms with Crippen molar-refractivity contribution in [1.82, 2.24) is 0 Å². The molecule has 1 aromatic carbocycles. The predicted molar refractivity (Wildman–Crippen MR) is 77.6 cm³/mol. The number of halogens is 1. The number of ether oxygens (including phenoxy) is 1. The lowest BCUT2D eigenvalue weighted by Crippen LogP contribution is -2.28. The van der Waals surface area contributed by atoms with Gasteiger partial charge in [0.2, 0.25) is 0 Å². The van der Waals surface area contributed by atoms with E-state index in [0.717, 1.165) is 4.90 Å². The number of esters is 1. The standard InChI is InChI=1S/C13H15BrO4S/c1-13(2,12(17)18-3)7-19-8-4-5-10(14)9(6-8)11(15)16/h4-6H,7H2,1-3H3,(H,15,16). The number of thioether (sulfide) groups is 1. The zero-order valence-electron chi connectivity index (χ0n) is 10.9. The van der Waals surface area contributed by atoms with Crippen LogP contribution in [0, 0.1) is 5.41 Å². The van der Waals surface area contributed by atoms with Crippen LogP contribution < -0.4 is 0 Å². The molecule has 104 valence electrons. The lowest BCUT2D eigenvalue weighted by atomic mass is 9.97. The summed E-state index contributed by atoms with van der Waals surface area (Å²) in [4.78, 5) is 23.4. The highest BCUT2D eigenvalue weighted by Gasteiger charge is 2.28. The molecule has 0 unspecified atom stereocenters. The van der Waals surface area contributed by atoms with Crippen LogP contribution in [0.3, 0.4) is 0 Å². The zero-order chi connectivity index (χ0) is 14.6. The molecule has 0 aliphatic carbocycles. The second kappa shape index (κ2) is 6.43. The fourth-order valence-corrected chi connectivity index (χ4v) is 2.78. The molecule has 19 heavy (non-hydrogen) atoms. The third-order valence-electron chi connectivity index (χ3n) is 2.51. The number of aromatic carboxylic acids is 1. The van der Waals surface area contributed by atoms with Gasteiger partial charge in [0, 0.05) is 15.1 Å². The van der Waals surface area contributed by atoms with Crippen LogP contribution in [-0.2, 0) is 9.53 Å². The molecule has 0 amide bonds. The van der Waals surface area contributed by atoms with Crippen molar-refractivity contribution in [2.75, 3.05) is 12.9 Å². The van der Waals surface area contributed by atoms with Gasteiger partial charge in [0.1, 0.15) is 0 Å². The molecule has 0 spiro atoms. The summed E-state index contributed by atoms with van der Waals surface area (Å²) in [6.07, 6.45) is 0. The van der Waals surface area contributed by atoms with E-state index in [-0.39, 0.29) is 11.5 Å². The SMILES string of the molecule is COC(=O)C(C)(C)CSc1ccc(Br)c(C(=O)O)c1. The largest absolute Gasteiger partial charge is 0.478 e. The van der Waals surface area contributed by atoms with Crippen molar-refractivity contribution in [1.29, 1.82) is 0 Å². The molecule has 1 aromatic rings. The van der Waals surface area contributed by atoms with E-state index in [9.17, 15) is 9.59 Å². The molecule has 6 heteroatoms. The minimum atomic E-state index is -0.985. The van der Waals surface area contributed by atoms with Gasteiger partial charge in [-0.1, -0.05) is 0 Å². The second-order valence-electron chi connectivity index (χ2n) is 4.61. The Balaban J connectivity index is 2.82. The van der Waals surface area contributed by atoms with Crippen LogP contribution in [0.5, 0.6) is 0 Å². The van der Waals surface area contributed by atoms with E-state index in [4.69, 9.17) is 9.84 Å². The van der Waals surface area contributed by atoms with Crippen LogP contribution >= 0.6 is 27.7 Å². The summed E-state index contributed by atoms with van der Waals surface area (Å²) in [5.74, 6) is -0.752. The summed E-state index contributed by atoms with van der Waals surface area (Å²) in [5, 5.41) is 9.03. The zero-order valence-corrected chi connectivity index (χ0v) is 13.3. The summed E-state index contributed by atoms with van der Waals surface area (Å²) in [6, 6.07) is 5.09. The molecule has 1 rings (SSSR count). The Morgan fingerprint density at radius 1 is 1.42 bits per heavy atom. The first-order valence-electron chi connectivity index (χ1n) is 5.52. The first kappa shape index (κ1) is 16.0. The third kappa shape index (κ3) is 4.24. The normalized spacial score (nSPS) is 11.2. The van der Waals surface area contributed by atoms with Crippen molar-refractivity contribution in [3.8, 4) is 0 Å². The van der Waals surface area contributed by atoms with Crippen LogP contribution in [0.15, 0.2) is 27.6 Å². The van der Waals surface area contributed by atoms with Crippen LogP contribution in [0.25, 0.3) is 0 Å². The number of hydrogen-bond donors (Lipinski definition) is 1. The number of carbonyl (C=O) groups excluding carboxylic acids is 1. The molecule has 0 atom stereocenters. The van der Waals surface area contributed by atoms with Gasteiger partial charge in [-0.2, -0.15) is 0 Å². The Hall–Kier alpha value is -1.01. The van der Waals surface area contributed by atoms with Gasteiger partial charge >= 0.3 is 11.9 Å². The summed E-state index contributed by atoms with van der Waals surface area (Å²) in [7, 11) is 1.36. The molecular weight excluding hydrogens is 332 g/mol. The average Bonchev–Trinajstić information content (AvgIpc) is 2.36. The van der Waals surface area contributed by atoms with Crippen LogP contribution in [-0.4, -0.2) is 29.9 Å². The van der Waals surface area contributed by atoms with E-state index in [1.54, 1.807) is 26.0 Å². The Labute approximate surface area is 124 Å². The minimum absolute atomic E-state index is 0.209. The maximum atomic E-state index is 11.5. The minimum Gasteiger partial charge on any atom is -0.478 e. The number of benzene rings is 1. The van der Waals surface area contributed by atoms with E-state index in [0.29, 0.717) is 10.2 Å². The first-order valence-corrected chi connectivity index (χ1v) is 7.30. The quantitative estimate of drug-likeness (QED) is 0.653. The van der Waals surface area contributed by atoms with Crippen molar-refractivity contribution in [2.24, 2.45) is 5.41 Å². The van der Waals surface area contributed by atoms with Crippen LogP contribution in [0.4, 0.5) is 0 Å². The predicted octanol–water partition coefficient (Wildman–Crippen LogP) is 3.44. The number of carboxylic acid groups (broad SMARTS) is 1. The molecule has 0 radical (unpaired) electrons. The maximum absolute atomic E-state index is 11.5. The molecule has 0 fully saturated rings. The number of carboxylic acids is 1. The monoisotopic (exact) mass is 346 g/mol. The van der Waals surface area contributed by atoms with Crippen molar-refractivity contribution >= 4 is 39.6 Å². The smallest absolute Gasteiger partial charge is 0.336 e. The third-order valence-corrected chi connectivity index (χ3v) is 4.65. The van der Waals surface area contributed by atoms with E-state index in [1.165, 1.54) is 18.9 Å². The summed E-state index contributed by atoms with van der Waals surface area (Å²) < 4.78 is 5.27. The molecule has 0 saturated heterocycles. The van der Waals surface area contributed by atoms with Gasteiger partial charge in [0.25, 0.3) is 0 Å². The lowest BCUT2D eigenvalue weighted by Gasteiger charge is -2.20. The fraction of sp³-hybridized carbons (Fsp3) is 0.385. The van der Waals surface area contributed by atoms with Gasteiger partial charge < -0.3 is 9.84 Å². The number of carbonyl (C=O) groups is 2. The Morgan fingerprint density at radius 3 is 2.58 bits per heavy atom. The van der Waals surface area contributed by atoms with Crippen molar-refractivity contribution in [2.45, 2.75) is 18.7 Å². The molecule has 0 heterocycles. The molecule has 0 aromatic heterocycles. The van der Waals surface area contributed by atoms with E-state index >= 15 is 0 Å². The molecule has 1 N–H and O–H groups in total.